The fourth-order valence-corrected chi connectivity index (χ4v) is 3.07. The van der Waals surface area contributed by atoms with Crippen molar-refractivity contribution in [3.8, 4) is 0 Å². The van der Waals surface area contributed by atoms with Crippen molar-refractivity contribution in [2.75, 3.05) is 5.75 Å². The zero-order chi connectivity index (χ0) is 12.6. The number of thiophene rings is 1. The average molecular weight is 270 g/mol. The highest BCUT2D eigenvalue weighted by Crippen LogP contribution is 2.22. The first-order valence-corrected chi connectivity index (χ1v) is 7.04. The van der Waals surface area contributed by atoms with E-state index in [0.717, 1.165) is 5.52 Å². The Kier molecular flexibility index (Phi) is 3.29. The highest BCUT2D eigenvalue weighted by atomic mass is 32.2. The first-order valence-electron chi connectivity index (χ1n) is 5.18. The van der Waals surface area contributed by atoms with E-state index >= 15 is 0 Å². The Bertz CT molecular complexity index is 596. The van der Waals surface area contributed by atoms with Crippen LogP contribution in [0.15, 0.2) is 21.4 Å². The van der Waals surface area contributed by atoms with Gasteiger partial charge in [0.05, 0.1) is 11.1 Å². The molecule has 17 heavy (non-hydrogen) atoms. The maximum atomic E-state index is 12.0. The van der Waals surface area contributed by atoms with Gasteiger partial charge in [0.15, 0.2) is 5.16 Å². The zero-order valence-corrected chi connectivity index (χ0v) is 11.6. The van der Waals surface area contributed by atoms with Gasteiger partial charge in [-0.1, -0.05) is 11.8 Å². The van der Waals surface area contributed by atoms with Crippen molar-refractivity contribution in [3.63, 3.8) is 0 Å². The summed E-state index contributed by atoms with van der Waals surface area (Å²) in [7, 11) is 1.71. The van der Waals surface area contributed by atoms with Crippen LogP contribution in [0, 0.1) is 0 Å². The normalized spacial score (nSPS) is 12.2. The lowest BCUT2D eigenvalue weighted by Crippen LogP contribution is -2.24. The van der Waals surface area contributed by atoms with Crippen LogP contribution in [0.4, 0.5) is 0 Å². The topological polar surface area (TPSA) is 55.1 Å². The van der Waals surface area contributed by atoms with Crippen molar-refractivity contribution in [1.82, 2.24) is 9.55 Å². The van der Waals surface area contributed by atoms with Crippen LogP contribution >= 0.6 is 23.1 Å². The molecule has 0 spiro atoms. The lowest BCUT2D eigenvalue weighted by atomic mass is 10.2. The molecule has 0 aromatic carbocycles. The van der Waals surface area contributed by atoms with E-state index in [1.807, 2.05) is 11.4 Å². The van der Waals surface area contributed by atoms with E-state index in [0.29, 0.717) is 15.6 Å². The number of nitrogens with zero attached hydrogens (tertiary/aromatic N) is 2. The van der Waals surface area contributed by atoms with Crippen molar-refractivity contribution < 1.29 is 5.11 Å². The number of hydrogen-bond donors (Lipinski definition) is 1. The highest BCUT2D eigenvalue weighted by molar-refractivity contribution is 7.99. The first kappa shape index (κ1) is 12.6. The zero-order valence-electron chi connectivity index (χ0n) is 9.93. The second-order valence-electron chi connectivity index (χ2n) is 4.49. The van der Waals surface area contributed by atoms with Gasteiger partial charge in [0.1, 0.15) is 4.70 Å². The Balaban J connectivity index is 2.41. The predicted molar refractivity (Wildman–Crippen MR) is 71.9 cm³/mol. The van der Waals surface area contributed by atoms with Crippen molar-refractivity contribution >= 4 is 33.3 Å². The molecule has 4 nitrogen and oxygen atoms in total. The molecule has 2 aromatic rings. The van der Waals surface area contributed by atoms with Crippen molar-refractivity contribution in [1.29, 1.82) is 0 Å². The number of aromatic nitrogens is 2. The minimum atomic E-state index is -0.772. The van der Waals surface area contributed by atoms with Gasteiger partial charge in [-0.2, -0.15) is 0 Å². The number of thioether (sulfide) groups is 1. The molecule has 1 N–H and O–H groups in total. The minimum Gasteiger partial charge on any atom is -0.390 e. The molecule has 0 aliphatic heterocycles. The molecule has 6 heteroatoms. The van der Waals surface area contributed by atoms with E-state index in [9.17, 15) is 9.90 Å². The Morgan fingerprint density at radius 1 is 1.59 bits per heavy atom. The summed E-state index contributed by atoms with van der Waals surface area (Å²) in [6.07, 6.45) is 0. The number of hydrogen-bond acceptors (Lipinski definition) is 5. The van der Waals surface area contributed by atoms with Crippen LogP contribution in [0.3, 0.4) is 0 Å². The summed E-state index contributed by atoms with van der Waals surface area (Å²) in [6.45, 7) is 3.47. The molecule has 0 amide bonds. The Morgan fingerprint density at radius 2 is 2.29 bits per heavy atom. The fraction of sp³-hybridized carbons (Fsp3) is 0.455. The number of rotatable bonds is 3. The van der Waals surface area contributed by atoms with Gasteiger partial charge in [0.2, 0.25) is 0 Å². The quantitative estimate of drug-likeness (QED) is 0.683. The van der Waals surface area contributed by atoms with Crippen LogP contribution in [0.25, 0.3) is 10.2 Å². The second-order valence-corrected chi connectivity index (χ2v) is 6.35. The molecule has 92 valence electrons. The van der Waals surface area contributed by atoms with Crippen LogP contribution < -0.4 is 5.56 Å². The SMILES string of the molecule is Cn1c(SCC(C)(C)O)nc2ccsc2c1=O. The van der Waals surface area contributed by atoms with E-state index in [1.54, 1.807) is 20.9 Å². The predicted octanol–water partition coefficient (Wildman–Crippen LogP) is 1.86. The monoisotopic (exact) mass is 270 g/mol. The standard InChI is InChI=1S/C11H14N2O2S2/c1-11(2,15)6-17-10-12-7-4-5-16-8(7)9(14)13(10)3/h4-5,15H,6H2,1-3H3. The lowest BCUT2D eigenvalue weighted by Gasteiger charge is -2.16. The molecular formula is C11H14N2O2S2. The maximum absolute atomic E-state index is 12.0. The van der Waals surface area contributed by atoms with E-state index in [4.69, 9.17) is 0 Å². The Labute approximate surface area is 107 Å². The van der Waals surface area contributed by atoms with Crippen molar-refractivity contribution in [2.45, 2.75) is 24.6 Å². The van der Waals surface area contributed by atoms with E-state index in [1.165, 1.54) is 27.7 Å². The number of aliphatic hydroxyl groups is 1. The van der Waals surface area contributed by atoms with Crippen LogP contribution in [0.5, 0.6) is 0 Å². The molecule has 0 saturated carbocycles. The van der Waals surface area contributed by atoms with Gasteiger partial charge in [-0.3, -0.25) is 9.36 Å². The first-order chi connectivity index (χ1) is 7.88. The molecule has 0 bridgehead atoms. The molecule has 2 heterocycles. The van der Waals surface area contributed by atoms with Crippen molar-refractivity contribution in [3.05, 3.63) is 21.8 Å². The summed E-state index contributed by atoms with van der Waals surface area (Å²) >= 11 is 2.80. The summed E-state index contributed by atoms with van der Waals surface area (Å²) < 4.78 is 2.22. The molecule has 2 aromatic heterocycles. The second kappa shape index (κ2) is 4.44. The third-order valence-corrected chi connectivity index (χ3v) is 4.57. The molecular weight excluding hydrogens is 256 g/mol. The molecule has 0 radical (unpaired) electrons. The number of fused-ring (bicyclic) bond motifs is 1. The molecule has 0 fully saturated rings. The van der Waals surface area contributed by atoms with Gasteiger partial charge in [0, 0.05) is 12.8 Å². The van der Waals surface area contributed by atoms with E-state index in [2.05, 4.69) is 4.98 Å². The third-order valence-electron chi connectivity index (χ3n) is 2.20. The van der Waals surface area contributed by atoms with Crippen LogP contribution in [0.2, 0.25) is 0 Å². The molecule has 0 unspecified atom stereocenters. The third kappa shape index (κ3) is 2.70. The van der Waals surface area contributed by atoms with Crippen LogP contribution in [-0.2, 0) is 7.05 Å². The van der Waals surface area contributed by atoms with Gasteiger partial charge in [-0.05, 0) is 25.3 Å². The highest BCUT2D eigenvalue weighted by Gasteiger charge is 2.16. The van der Waals surface area contributed by atoms with Gasteiger partial charge in [0.25, 0.3) is 5.56 Å². The summed E-state index contributed by atoms with van der Waals surface area (Å²) in [4.78, 5) is 16.4. The van der Waals surface area contributed by atoms with Gasteiger partial charge < -0.3 is 5.11 Å². The van der Waals surface area contributed by atoms with E-state index in [-0.39, 0.29) is 5.56 Å². The average Bonchev–Trinajstić information content (AvgIpc) is 2.68. The van der Waals surface area contributed by atoms with Crippen molar-refractivity contribution in [2.24, 2.45) is 7.05 Å². The molecule has 0 atom stereocenters. The fourth-order valence-electron chi connectivity index (χ4n) is 1.34. The molecule has 2 rings (SSSR count). The Hall–Kier alpha value is -0.850. The summed E-state index contributed by atoms with van der Waals surface area (Å²) in [6, 6.07) is 1.84. The lowest BCUT2D eigenvalue weighted by molar-refractivity contribution is 0.107. The summed E-state index contributed by atoms with van der Waals surface area (Å²) in [5.41, 5.74) is -0.0639. The Morgan fingerprint density at radius 3 is 2.94 bits per heavy atom. The molecule has 0 aliphatic carbocycles. The minimum absolute atomic E-state index is 0.0248. The van der Waals surface area contributed by atoms with E-state index < -0.39 is 5.60 Å². The van der Waals surface area contributed by atoms with Gasteiger partial charge in [-0.15, -0.1) is 11.3 Å². The van der Waals surface area contributed by atoms with Crippen LogP contribution in [-0.4, -0.2) is 26.0 Å². The summed E-state index contributed by atoms with van der Waals surface area (Å²) in [5, 5.41) is 12.2. The largest absolute Gasteiger partial charge is 0.390 e. The summed E-state index contributed by atoms with van der Waals surface area (Å²) in [5.74, 6) is 0.503. The molecule has 0 saturated heterocycles. The van der Waals surface area contributed by atoms with Crippen LogP contribution in [0.1, 0.15) is 13.8 Å². The smallest absolute Gasteiger partial charge is 0.271 e. The van der Waals surface area contributed by atoms with Gasteiger partial charge in [-0.25, -0.2) is 4.98 Å². The molecule has 0 aliphatic rings. The van der Waals surface area contributed by atoms with Gasteiger partial charge >= 0.3 is 0 Å². The maximum Gasteiger partial charge on any atom is 0.271 e.